The number of amides is 1. The fourth-order valence-corrected chi connectivity index (χ4v) is 1.12. The molecule has 0 aliphatic rings. The van der Waals surface area contributed by atoms with Crippen LogP contribution in [0.2, 0.25) is 0 Å². The van der Waals surface area contributed by atoms with E-state index in [-0.39, 0.29) is 12.3 Å². The van der Waals surface area contributed by atoms with Crippen molar-refractivity contribution in [2.24, 2.45) is 0 Å². The van der Waals surface area contributed by atoms with Gasteiger partial charge in [-0.15, -0.1) is 0 Å². The second kappa shape index (κ2) is 5.90. The average Bonchev–Trinajstić information content (AvgIpc) is 2.26. The lowest BCUT2D eigenvalue weighted by molar-refractivity contribution is -0.387. The molecule has 1 N–H and O–H groups in total. The minimum Gasteiger partial charge on any atom is -0.372 e. The summed E-state index contributed by atoms with van der Waals surface area (Å²) in [6, 6.07) is 3.14. The largest absolute Gasteiger partial charge is 0.372 e. The molecule has 0 unspecified atom stereocenters. The molecule has 0 aliphatic carbocycles. The summed E-state index contributed by atoms with van der Waals surface area (Å²) in [7, 11) is 0. The van der Waals surface area contributed by atoms with Crippen molar-refractivity contribution in [3.63, 3.8) is 0 Å². The Bertz CT molecular complexity index is 436. The smallest absolute Gasteiger partial charge is 0.304 e. The molecule has 1 aromatic rings. The lowest BCUT2D eigenvalue weighted by Gasteiger charge is -2.05. The highest BCUT2D eigenvalue weighted by molar-refractivity contribution is 5.91. The molecule has 0 spiro atoms. The number of halogens is 1. The zero-order valence-corrected chi connectivity index (χ0v) is 9.10. The van der Waals surface area contributed by atoms with E-state index in [4.69, 9.17) is 4.74 Å². The maximum atomic E-state index is 13.2. The van der Waals surface area contributed by atoms with Crippen LogP contribution in [-0.2, 0) is 9.53 Å². The lowest BCUT2D eigenvalue weighted by Crippen LogP contribution is -2.18. The van der Waals surface area contributed by atoms with Crippen molar-refractivity contribution < 1.29 is 18.8 Å². The van der Waals surface area contributed by atoms with Crippen LogP contribution < -0.4 is 5.32 Å². The van der Waals surface area contributed by atoms with E-state index in [1.165, 1.54) is 6.07 Å². The Balaban J connectivity index is 2.70. The summed E-state index contributed by atoms with van der Waals surface area (Å²) in [4.78, 5) is 20.7. The van der Waals surface area contributed by atoms with Gasteiger partial charge in [0.1, 0.15) is 6.61 Å². The predicted molar refractivity (Wildman–Crippen MR) is 58.2 cm³/mol. The predicted octanol–water partition coefficient (Wildman–Crippen LogP) is 1.71. The first-order chi connectivity index (χ1) is 8.04. The van der Waals surface area contributed by atoms with Crippen LogP contribution in [0.4, 0.5) is 15.8 Å². The van der Waals surface area contributed by atoms with E-state index >= 15 is 0 Å². The molecule has 92 valence electrons. The molecule has 0 saturated carbocycles. The van der Waals surface area contributed by atoms with Gasteiger partial charge in [0.05, 0.1) is 4.92 Å². The van der Waals surface area contributed by atoms with Gasteiger partial charge in [0, 0.05) is 24.4 Å². The molecule has 0 fully saturated rings. The van der Waals surface area contributed by atoms with Gasteiger partial charge in [-0.2, -0.15) is 4.39 Å². The van der Waals surface area contributed by atoms with E-state index in [1.807, 2.05) is 0 Å². The number of carbonyl (C=O) groups excluding carboxylic acids is 1. The Kier molecular flexibility index (Phi) is 4.53. The van der Waals surface area contributed by atoms with Crippen LogP contribution in [0, 0.1) is 15.9 Å². The average molecular weight is 242 g/mol. The van der Waals surface area contributed by atoms with Crippen LogP contribution >= 0.6 is 0 Å². The summed E-state index contributed by atoms with van der Waals surface area (Å²) in [5, 5.41) is 12.7. The van der Waals surface area contributed by atoms with Gasteiger partial charge in [-0.05, 0) is 13.0 Å². The number of nitro benzene ring substituents is 1. The first kappa shape index (κ1) is 13.0. The molecular weight excluding hydrogens is 231 g/mol. The summed E-state index contributed by atoms with van der Waals surface area (Å²) in [5.41, 5.74) is -0.481. The molecule has 0 aromatic heterocycles. The summed E-state index contributed by atoms with van der Waals surface area (Å²) < 4.78 is 18.0. The maximum Gasteiger partial charge on any atom is 0.304 e. The monoisotopic (exact) mass is 242 g/mol. The number of hydrogen-bond acceptors (Lipinski definition) is 4. The fraction of sp³-hybridized carbons (Fsp3) is 0.300. The normalized spacial score (nSPS) is 10.0. The molecular formula is C10H11FN2O4. The van der Waals surface area contributed by atoms with Crippen LogP contribution in [0.5, 0.6) is 0 Å². The van der Waals surface area contributed by atoms with Crippen molar-refractivity contribution in [2.75, 3.05) is 18.5 Å². The van der Waals surface area contributed by atoms with Crippen molar-refractivity contribution in [3.05, 3.63) is 34.1 Å². The maximum absolute atomic E-state index is 13.2. The number of anilines is 1. The highest BCUT2D eigenvalue weighted by Gasteiger charge is 2.14. The van der Waals surface area contributed by atoms with Crippen molar-refractivity contribution in [1.29, 1.82) is 0 Å². The van der Waals surface area contributed by atoms with Gasteiger partial charge in [0.2, 0.25) is 11.7 Å². The second-order valence-electron chi connectivity index (χ2n) is 3.11. The van der Waals surface area contributed by atoms with Gasteiger partial charge in [-0.25, -0.2) is 0 Å². The van der Waals surface area contributed by atoms with E-state index in [9.17, 15) is 19.3 Å². The molecule has 0 saturated heterocycles. The van der Waals surface area contributed by atoms with Gasteiger partial charge in [-0.3, -0.25) is 14.9 Å². The summed E-state index contributed by atoms with van der Waals surface area (Å²) >= 11 is 0. The molecule has 0 aliphatic heterocycles. The molecule has 0 atom stereocenters. The van der Waals surface area contributed by atoms with Crippen molar-refractivity contribution >= 4 is 17.3 Å². The Morgan fingerprint density at radius 3 is 2.82 bits per heavy atom. The molecule has 0 radical (unpaired) electrons. The van der Waals surface area contributed by atoms with Gasteiger partial charge in [-0.1, -0.05) is 0 Å². The Hall–Kier alpha value is -2.02. The molecule has 1 aromatic carbocycles. The SMILES string of the molecule is CCOCC(=O)Nc1ccc([N+](=O)[O-])c(F)c1. The van der Waals surface area contributed by atoms with Gasteiger partial charge < -0.3 is 10.1 Å². The highest BCUT2D eigenvalue weighted by Crippen LogP contribution is 2.20. The number of carbonyl (C=O) groups is 1. The molecule has 0 bridgehead atoms. The van der Waals surface area contributed by atoms with E-state index < -0.39 is 22.3 Å². The quantitative estimate of drug-likeness (QED) is 0.629. The van der Waals surface area contributed by atoms with Crippen LogP contribution in [0.1, 0.15) is 6.92 Å². The van der Waals surface area contributed by atoms with E-state index in [0.29, 0.717) is 6.61 Å². The number of nitrogens with zero attached hydrogens (tertiary/aromatic N) is 1. The number of ether oxygens (including phenoxy) is 1. The number of hydrogen-bond donors (Lipinski definition) is 1. The summed E-state index contributed by atoms with van der Waals surface area (Å²) in [6.45, 7) is 1.98. The van der Waals surface area contributed by atoms with E-state index in [1.54, 1.807) is 6.92 Å². The van der Waals surface area contributed by atoms with Crippen LogP contribution in [0.3, 0.4) is 0 Å². The van der Waals surface area contributed by atoms with Crippen molar-refractivity contribution in [3.8, 4) is 0 Å². The van der Waals surface area contributed by atoms with Gasteiger partial charge >= 0.3 is 5.69 Å². The third-order valence-corrected chi connectivity index (χ3v) is 1.87. The number of nitro groups is 1. The summed E-state index contributed by atoms with van der Waals surface area (Å²) in [5.74, 6) is -1.44. The van der Waals surface area contributed by atoms with Gasteiger partial charge in [0.15, 0.2) is 0 Å². The number of rotatable bonds is 5. The molecule has 6 nitrogen and oxygen atoms in total. The first-order valence-corrected chi connectivity index (χ1v) is 4.86. The van der Waals surface area contributed by atoms with Crippen molar-refractivity contribution in [1.82, 2.24) is 0 Å². The topological polar surface area (TPSA) is 81.5 Å². The fourth-order valence-electron chi connectivity index (χ4n) is 1.12. The zero-order chi connectivity index (χ0) is 12.8. The standard InChI is InChI=1S/C10H11FN2O4/c1-2-17-6-10(14)12-7-3-4-9(13(15)16)8(11)5-7/h3-5H,2,6H2,1H3,(H,12,14). The zero-order valence-electron chi connectivity index (χ0n) is 9.10. The Morgan fingerprint density at radius 2 is 2.29 bits per heavy atom. The molecule has 17 heavy (non-hydrogen) atoms. The highest BCUT2D eigenvalue weighted by atomic mass is 19.1. The number of nitrogens with one attached hydrogen (secondary N) is 1. The minimum absolute atomic E-state index is 0.144. The molecule has 0 heterocycles. The van der Waals surface area contributed by atoms with Gasteiger partial charge in [0.25, 0.3) is 0 Å². The lowest BCUT2D eigenvalue weighted by atomic mass is 10.2. The molecule has 1 rings (SSSR count). The molecule has 1 amide bonds. The van der Waals surface area contributed by atoms with Crippen LogP contribution in [0.25, 0.3) is 0 Å². The second-order valence-corrected chi connectivity index (χ2v) is 3.11. The Morgan fingerprint density at radius 1 is 1.59 bits per heavy atom. The van der Waals surface area contributed by atoms with E-state index in [0.717, 1.165) is 12.1 Å². The number of benzene rings is 1. The van der Waals surface area contributed by atoms with Crippen molar-refractivity contribution in [2.45, 2.75) is 6.92 Å². The molecule has 7 heteroatoms. The van der Waals surface area contributed by atoms with Crippen LogP contribution in [-0.4, -0.2) is 24.0 Å². The summed E-state index contributed by atoms with van der Waals surface area (Å²) in [6.07, 6.45) is 0. The third-order valence-electron chi connectivity index (χ3n) is 1.87. The Labute approximate surface area is 96.5 Å². The van der Waals surface area contributed by atoms with E-state index in [2.05, 4.69) is 5.32 Å². The first-order valence-electron chi connectivity index (χ1n) is 4.86. The minimum atomic E-state index is -0.996. The van der Waals surface area contributed by atoms with Crippen LogP contribution in [0.15, 0.2) is 18.2 Å². The third kappa shape index (κ3) is 3.80.